The minimum atomic E-state index is 0.271. The molecule has 0 bridgehead atoms. The van der Waals surface area contributed by atoms with Crippen LogP contribution < -0.4 is 5.73 Å². The molecule has 1 unspecified atom stereocenters. The summed E-state index contributed by atoms with van der Waals surface area (Å²) in [4.78, 5) is 16.1. The number of likely N-dealkylation sites (tertiary alicyclic amines) is 1. The van der Waals surface area contributed by atoms with Crippen molar-refractivity contribution in [2.24, 2.45) is 11.7 Å². The molecule has 1 fully saturated rings. The van der Waals surface area contributed by atoms with E-state index in [0.29, 0.717) is 31.0 Å². The molecular weight excluding hydrogens is 214 g/mol. The van der Waals surface area contributed by atoms with Gasteiger partial charge in [-0.15, -0.1) is 0 Å². The summed E-state index contributed by atoms with van der Waals surface area (Å²) in [7, 11) is 0. The first-order valence-electron chi connectivity index (χ1n) is 6.69. The predicted octanol–water partition coefficient (Wildman–Crippen LogP) is 0.912. The highest BCUT2D eigenvalue weighted by Crippen LogP contribution is 2.16. The van der Waals surface area contributed by atoms with Gasteiger partial charge in [-0.1, -0.05) is 0 Å². The number of hydrogen-bond acceptors (Lipinski definition) is 3. The number of hydrogen-bond donors (Lipinski definition) is 1. The molecule has 0 radical (unpaired) electrons. The van der Waals surface area contributed by atoms with Crippen LogP contribution >= 0.6 is 0 Å². The van der Waals surface area contributed by atoms with Crippen LogP contribution in [0.25, 0.3) is 0 Å². The second-order valence-corrected chi connectivity index (χ2v) is 5.57. The zero-order chi connectivity index (χ0) is 13.0. The summed E-state index contributed by atoms with van der Waals surface area (Å²) < 4.78 is 0. The molecule has 1 aliphatic rings. The lowest BCUT2D eigenvalue weighted by molar-refractivity contribution is -0.128. The highest BCUT2D eigenvalue weighted by atomic mass is 16.2. The molecule has 1 aliphatic heterocycles. The molecule has 2 N–H and O–H groups in total. The van der Waals surface area contributed by atoms with Gasteiger partial charge in [0.2, 0.25) is 5.91 Å². The van der Waals surface area contributed by atoms with Crippen LogP contribution in [0.15, 0.2) is 0 Å². The van der Waals surface area contributed by atoms with Gasteiger partial charge in [0.1, 0.15) is 0 Å². The quantitative estimate of drug-likeness (QED) is 0.752. The molecule has 0 aromatic rings. The Morgan fingerprint density at radius 2 is 1.94 bits per heavy atom. The summed E-state index contributed by atoms with van der Waals surface area (Å²) in [5.41, 5.74) is 5.62. The third kappa shape index (κ3) is 3.96. The second-order valence-electron chi connectivity index (χ2n) is 5.57. The first-order valence-corrected chi connectivity index (χ1v) is 6.69. The van der Waals surface area contributed by atoms with Gasteiger partial charge in [0.25, 0.3) is 0 Å². The number of nitrogens with two attached hydrogens (primary N) is 1. The van der Waals surface area contributed by atoms with Crippen LogP contribution in [0.4, 0.5) is 0 Å². The zero-order valence-electron chi connectivity index (χ0n) is 11.6. The van der Waals surface area contributed by atoms with E-state index in [1.165, 1.54) is 0 Å². The number of carbonyl (C=O) groups is 1. The molecule has 17 heavy (non-hydrogen) atoms. The Balaban J connectivity index is 2.42. The van der Waals surface area contributed by atoms with E-state index in [-0.39, 0.29) is 5.91 Å². The summed E-state index contributed by atoms with van der Waals surface area (Å²) >= 11 is 0. The third-order valence-electron chi connectivity index (χ3n) is 3.58. The van der Waals surface area contributed by atoms with Crippen molar-refractivity contribution in [2.45, 2.75) is 46.2 Å². The molecule has 0 aromatic carbocycles. The molecule has 1 rings (SSSR count). The molecule has 4 nitrogen and oxygen atoms in total. The van der Waals surface area contributed by atoms with Crippen molar-refractivity contribution in [1.82, 2.24) is 9.80 Å². The fourth-order valence-electron chi connectivity index (χ4n) is 2.58. The van der Waals surface area contributed by atoms with Crippen molar-refractivity contribution in [1.29, 1.82) is 0 Å². The molecule has 1 saturated heterocycles. The predicted molar refractivity (Wildman–Crippen MR) is 70.7 cm³/mol. The van der Waals surface area contributed by atoms with E-state index in [4.69, 9.17) is 5.73 Å². The Labute approximate surface area is 105 Å². The molecule has 0 spiro atoms. The average molecular weight is 241 g/mol. The summed E-state index contributed by atoms with van der Waals surface area (Å²) in [6.45, 7) is 12.1. The summed E-state index contributed by atoms with van der Waals surface area (Å²) in [6, 6.07) is 1.05. The maximum absolute atomic E-state index is 11.7. The smallest absolute Gasteiger partial charge is 0.223 e. The van der Waals surface area contributed by atoms with Gasteiger partial charge in [-0.2, -0.15) is 0 Å². The van der Waals surface area contributed by atoms with Crippen LogP contribution in [-0.4, -0.2) is 54.0 Å². The van der Waals surface area contributed by atoms with Crippen LogP contribution in [0, 0.1) is 5.92 Å². The van der Waals surface area contributed by atoms with Crippen molar-refractivity contribution >= 4 is 5.91 Å². The number of amides is 1. The van der Waals surface area contributed by atoms with Crippen molar-refractivity contribution < 1.29 is 4.79 Å². The fourth-order valence-corrected chi connectivity index (χ4v) is 2.58. The lowest BCUT2D eigenvalue weighted by Crippen LogP contribution is -2.43. The van der Waals surface area contributed by atoms with E-state index >= 15 is 0 Å². The Hall–Kier alpha value is -0.610. The van der Waals surface area contributed by atoms with Crippen molar-refractivity contribution in [3.63, 3.8) is 0 Å². The molecule has 100 valence electrons. The van der Waals surface area contributed by atoms with Gasteiger partial charge in [0, 0.05) is 38.1 Å². The van der Waals surface area contributed by atoms with E-state index in [2.05, 4.69) is 32.6 Å². The minimum absolute atomic E-state index is 0.271. The maximum atomic E-state index is 11.7. The van der Waals surface area contributed by atoms with Crippen molar-refractivity contribution in [2.75, 3.05) is 26.2 Å². The van der Waals surface area contributed by atoms with Crippen LogP contribution in [0.5, 0.6) is 0 Å². The highest BCUT2D eigenvalue weighted by Gasteiger charge is 2.28. The lowest BCUT2D eigenvalue weighted by Gasteiger charge is -2.32. The first-order chi connectivity index (χ1) is 7.95. The standard InChI is InChI=1S/C13H27N3O/c1-10(2)16(11(3)4)6-5-15-9-12(8-14)7-13(15)17/h10-12H,5-9,14H2,1-4H3. The molecule has 4 heteroatoms. The summed E-state index contributed by atoms with van der Waals surface area (Å²) in [5.74, 6) is 0.641. The molecule has 1 atom stereocenters. The Morgan fingerprint density at radius 3 is 2.35 bits per heavy atom. The Morgan fingerprint density at radius 1 is 1.35 bits per heavy atom. The van der Waals surface area contributed by atoms with Crippen LogP contribution in [0.2, 0.25) is 0 Å². The van der Waals surface area contributed by atoms with Gasteiger partial charge < -0.3 is 10.6 Å². The van der Waals surface area contributed by atoms with Crippen LogP contribution in [0.1, 0.15) is 34.1 Å². The number of carbonyl (C=O) groups excluding carboxylic acids is 1. The van der Waals surface area contributed by atoms with E-state index < -0.39 is 0 Å². The lowest BCUT2D eigenvalue weighted by atomic mass is 10.1. The second kappa shape index (κ2) is 6.36. The highest BCUT2D eigenvalue weighted by molar-refractivity contribution is 5.78. The monoisotopic (exact) mass is 241 g/mol. The van der Waals surface area contributed by atoms with E-state index in [9.17, 15) is 4.79 Å². The molecule has 1 heterocycles. The van der Waals surface area contributed by atoms with Crippen LogP contribution in [0.3, 0.4) is 0 Å². The summed E-state index contributed by atoms with van der Waals surface area (Å²) in [5, 5.41) is 0. The minimum Gasteiger partial charge on any atom is -0.341 e. The van der Waals surface area contributed by atoms with Gasteiger partial charge in [-0.25, -0.2) is 0 Å². The van der Waals surface area contributed by atoms with Crippen molar-refractivity contribution in [3.8, 4) is 0 Å². The summed E-state index contributed by atoms with van der Waals surface area (Å²) in [6.07, 6.45) is 0.639. The van der Waals surface area contributed by atoms with Gasteiger partial charge >= 0.3 is 0 Å². The Kier molecular flexibility index (Phi) is 5.40. The van der Waals surface area contributed by atoms with Crippen molar-refractivity contribution in [3.05, 3.63) is 0 Å². The largest absolute Gasteiger partial charge is 0.341 e. The van der Waals surface area contributed by atoms with E-state index in [1.807, 2.05) is 4.90 Å². The zero-order valence-corrected chi connectivity index (χ0v) is 11.6. The normalized spacial score (nSPS) is 21.3. The van der Waals surface area contributed by atoms with E-state index in [0.717, 1.165) is 19.6 Å². The van der Waals surface area contributed by atoms with Gasteiger partial charge in [-0.3, -0.25) is 9.69 Å². The van der Waals surface area contributed by atoms with Gasteiger partial charge in [0.15, 0.2) is 0 Å². The number of nitrogens with zero attached hydrogens (tertiary/aromatic N) is 2. The van der Waals surface area contributed by atoms with E-state index in [1.54, 1.807) is 0 Å². The number of rotatable bonds is 6. The van der Waals surface area contributed by atoms with Crippen LogP contribution in [-0.2, 0) is 4.79 Å². The molecule has 0 aliphatic carbocycles. The fraction of sp³-hybridized carbons (Fsp3) is 0.923. The topological polar surface area (TPSA) is 49.6 Å². The van der Waals surface area contributed by atoms with Gasteiger partial charge in [0.05, 0.1) is 0 Å². The molecule has 0 aromatic heterocycles. The van der Waals surface area contributed by atoms with Gasteiger partial charge in [-0.05, 0) is 40.2 Å². The SMILES string of the molecule is CC(C)N(CCN1CC(CN)CC1=O)C(C)C. The average Bonchev–Trinajstić information content (AvgIpc) is 2.59. The maximum Gasteiger partial charge on any atom is 0.223 e. The molecule has 1 amide bonds. The first kappa shape index (κ1) is 14.5. The Bertz CT molecular complexity index is 245. The molecule has 0 saturated carbocycles. The molecular formula is C13H27N3O. The third-order valence-corrected chi connectivity index (χ3v) is 3.58.